The highest BCUT2D eigenvalue weighted by Gasteiger charge is 2.28. The molecule has 3 aromatic rings. The molecule has 7 heteroatoms. The molecule has 1 aliphatic heterocycles. The molecule has 0 saturated carbocycles. The van der Waals surface area contributed by atoms with Gasteiger partial charge in [0.05, 0.1) is 25.8 Å². The van der Waals surface area contributed by atoms with Gasteiger partial charge in [-0.2, -0.15) is 0 Å². The first-order chi connectivity index (χ1) is 13.7. The summed E-state index contributed by atoms with van der Waals surface area (Å²) in [6.07, 6.45) is 3.67. The third-order valence-electron chi connectivity index (χ3n) is 5.12. The van der Waals surface area contributed by atoms with E-state index in [0.717, 1.165) is 30.6 Å². The first kappa shape index (κ1) is 18.6. The maximum absolute atomic E-state index is 12.9. The Kier molecular flexibility index (Phi) is 5.34. The highest BCUT2D eigenvalue weighted by atomic mass is 32.1. The maximum Gasteiger partial charge on any atom is 0.229 e. The average Bonchev–Trinajstić information content (AvgIpc) is 3.23. The lowest BCUT2D eigenvalue weighted by Crippen LogP contribution is -2.41. The number of carbonyl (C=O) groups excluding carboxylic acids is 1. The van der Waals surface area contributed by atoms with Crippen LogP contribution in [0.25, 0.3) is 10.1 Å². The Bertz CT molecular complexity index is 988. The number of hydrogen-bond acceptors (Lipinski definition) is 6. The largest absolute Gasteiger partial charge is 0.497 e. The predicted molar refractivity (Wildman–Crippen MR) is 113 cm³/mol. The minimum atomic E-state index is -0.101. The third-order valence-corrected chi connectivity index (χ3v) is 6.00. The lowest BCUT2D eigenvalue weighted by molar-refractivity contribution is -0.120. The summed E-state index contributed by atoms with van der Waals surface area (Å²) in [7, 11) is 3.19. The van der Waals surface area contributed by atoms with Crippen LogP contribution in [0.4, 0.5) is 11.5 Å². The van der Waals surface area contributed by atoms with Crippen LogP contribution in [-0.4, -0.2) is 38.2 Å². The van der Waals surface area contributed by atoms with Crippen LogP contribution in [0.1, 0.15) is 12.8 Å². The van der Waals surface area contributed by atoms with Crippen molar-refractivity contribution < 1.29 is 14.3 Å². The Balaban J connectivity index is 1.50. The summed E-state index contributed by atoms with van der Waals surface area (Å²) >= 11 is 1.71. The molecule has 0 bridgehead atoms. The van der Waals surface area contributed by atoms with Crippen molar-refractivity contribution in [1.82, 2.24) is 4.98 Å². The molecule has 4 rings (SSSR count). The molecule has 1 N–H and O–H groups in total. The normalized spacial score (nSPS) is 16.8. The topological polar surface area (TPSA) is 63.7 Å². The molecule has 0 spiro atoms. The van der Waals surface area contributed by atoms with Crippen LogP contribution in [0.3, 0.4) is 0 Å². The lowest BCUT2D eigenvalue weighted by atomic mass is 9.96. The monoisotopic (exact) mass is 397 g/mol. The van der Waals surface area contributed by atoms with Crippen molar-refractivity contribution in [3.05, 3.63) is 41.9 Å². The molecule has 3 heterocycles. The number of hydrogen-bond donors (Lipinski definition) is 1. The summed E-state index contributed by atoms with van der Waals surface area (Å²) in [6, 6.07) is 9.53. The van der Waals surface area contributed by atoms with Crippen molar-refractivity contribution in [3.8, 4) is 11.5 Å². The first-order valence-electron chi connectivity index (χ1n) is 9.29. The lowest BCUT2D eigenvalue weighted by Gasteiger charge is -2.33. The SMILES string of the molecule is COc1ccc(NC(=O)[C@H]2CCCN(c3nccc4sccc34)C2)c(OC)c1. The van der Waals surface area contributed by atoms with Crippen LogP contribution in [-0.2, 0) is 4.79 Å². The van der Waals surface area contributed by atoms with Gasteiger partial charge in [-0.15, -0.1) is 11.3 Å². The number of rotatable bonds is 5. The number of amides is 1. The molecular formula is C21H23N3O3S. The van der Waals surface area contributed by atoms with Crippen LogP contribution in [0.5, 0.6) is 11.5 Å². The van der Waals surface area contributed by atoms with E-state index in [-0.39, 0.29) is 11.8 Å². The van der Waals surface area contributed by atoms with E-state index in [1.807, 2.05) is 24.4 Å². The molecule has 0 unspecified atom stereocenters. The van der Waals surface area contributed by atoms with E-state index in [9.17, 15) is 4.79 Å². The Labute approximate surface area is 168 Å². The Morgan fingerprint density at radius 3 is 2.96 bits per heavy atom. The van der Waals surface area contributed by atoms with Gasteiger partial charge in [-0.3, -0.25) is 4.79 Å². The Morgan fingerprint density at radius 1 is 1.25 bits per heavy atom. The summed E-state index contributed by atoms with van der Waals surface area (Å²) < 4.78 is 11.8. The zero-order chi connectivity index (χ0) is 19.5. The number of nitrogens with zero attached hydrogens (tertiary/aromatic N) is 2. The van der Waals surface area contributed by atoms with Crippen molar-refractivity contribution in [1.29, 1.82) is 0 Å². The van der Waals surface area contributed by atoms with Crippen LogP contribution >= 0.6 is 11.3 Å². The number of nitrogens with one attached hydrogen (secondary N) is 1. The number of thiophene rings is 1. The molecule has 1 amide bonds. The van der Waals surface area contributed by atoms with Gasteiger partial charge < -0.3 is 19.7 Å². The standard InChI is InChI=1S/C21H23N3O3S/c1-26-15-5-6-17(18(12-15)27-2)23-21(25)14-4-3-10-24(13-14)20-16-8-11-28-19(16)7-9-22-20/h5-9,11-12,14H,3-4,10,13H2,1-2H3,(H,23,25)/t14-/m0/s1. The molecule has 2 aromatic heterocycles. The highest BCUT2D eigenvalue weighted by molar-refractivity contribution is 7.17. The molecule has 28 heavy (non-hydrogen) atoms. The second-order valence-corrected chi connectivity index (χ2v) is 7.76. The van der Waals surface area contributed by atoms with Crippen molar-refractivity contribution in [3.63, 3.8) is 0 Å². The fourth-order valence-electron chi connectivity index (χ4n) is 3.65. The molecule has 1 aromatic carbocycles. The van der Waals surface area contributed by atoms with E-state index in [1.54, 1.807) is 31.6 Å². The summed E-state index contributed by atoms with van der Waals surface area (Å²) in [5, 5.41) is 6.26. The highest BCUT2D eigenvalue weighted by Crippen LogP contribution is 2.33. The average molecular weight is 398 g/mol. The number of anilines is 2. The number of aromatic nitrogens is 1. The van der Waals surface area contributed by atoms with E-state index < -0.39 is 0 Å². The van der Waals surface area contributed by atoms with Gasteiger partial charge in [0.1, 0.15) is 17.3 Å². The molecule has 1 fully saturated rings. The van der Waals surface area contributed by atoms with Gasteiger partial charge >= 0.3 is 0 Å². The number of carbonyl (C=O) groups is 1. The molecule has 0 aliphatic carbocycles. The summed E-state index contributed by atoms with van der Waals surface area (Å²) in [6.45, 7) is 1.57. The van der Waals surface area contributed by atoms with Gasteiger partial charge in [-0.1, -0.05) is 0 Å². The minimum Gasteiger partial charge on any atom is -0.497 e. The number of fused-ring (bicyclic) bond motifs is 1. The zero-order valence-corrected chi connectivity index (χ0v) is 16.8. The Hall–Kier alpha value is -2.80. The molecular weight excluding hydrogens is 374 g/mol. The van der Waals surface area contributed by atoms with E-state index >= 15 is 0 Å². The molecule has 6 nitrogen and oxygen atoms in total. The van der Waals surface area contributed by atoms with Crippen LogP contribution < -0.4 is 19.7 Å². The second kappa shape index (κ2) is 8.06. The van der Waals surface area contributed by atoms with E-state index in [4.69, 9.17) is 9.47 Å². The predicted octanol–water partition coefficient (Wildman–Crippen LogP) is 4.17. The van der Waals surface area contributed by atoms with Crippen LogP contribution in [0.2, 0.25) is 0 Å². The number of benzene rings is 1. The quantitative estimate of drug-likeness (QED) is 0.700. The summed E-state index contributed by atoms with van der Waals surface area (Å²) in [5.41, 5.74) is 0.656. The smallest absolute Gasteiger partial charge is 0.229 e. The maximum atomic E-state index is 12.9. The van der Waals surface area contributed by atoms with Gasteiger partial charge in [-0.05, 0) is 42.5 Å². The fraction of sp³-hybridized carbons (Fsp3) is 0.333. The fourth-order valence-corrected chi connectivity index (χ4v) is 4.43. The van der Waals surface area contributed by atoms with Gasteiger partial charge in [0.25, 0.3) is 0 Å². The van der Waals surface area contributed by atoms with E-state index in [0.29, 0.717) is 23.7 Å². The molecule has 1 atom stereocenters. The van der Waals surface area contributed by atoms with Crippen LogP contribution in [0.15, 0.2) is 41.9 Å². The summed E-state index contributed by atoms with van der Waals surface area (Å²) in [4.78, 5) is 19.8. The van der Waals surface area contributed by atoms with Crippen molar-refractivity contribution in [2.75, 3.05) is 37.5 Å². The van der Waals surface area contributed by atoms with Crippen molar-refractivity contribution in [2.24, 2.45) is 5.92 Å². The molecule has 1 aliphatic rings. The third kappa shape index (κ3) is 3.62. The summed E-state index contributed by atoms with van der Waals surface area (Å²) in [5.74, 6) is 2.15. The van der Waals surface area contributed by atoms with Gasteiger partial charge in [-0.25, -0.2) is 4.98 Å². The molecule has 0 radical (unpaired) electrons. The number of methoxy groups -OCH3 is 2. The molecule has 1 saturated heterocycles. The van der Waals surface area contributed by atoms with Gasteiger partial charge in [0, 0.05) is 35.4 Å². The van der Waals surface area contributed by atoms with Crippen molar-refractivity contribution >= 4 is 38.8 Å². The van der Waals surface area contributed by atoms with Crippen molar-refractivity contribution in [2.45, 2.75) is 12.8 Å². The van der Waals surface area contributed by atoms with E-state index in [2.05, 4.69) is 26.6 Å². The number of piperidine rings is 1. The zero-order valence-electron chi connectivity index (χ0n) is 16.0. The number of ether oxygens (including phenoxy) is 2. The van der Waals surface area contributed by atoms with Crippen LogP contribution in [0, 0.1) is 5.92 Å². The second-order valence-electron chi connectivity index (χ2n) is 6.81. The minimum absolute atomic E-state index is 0.00524. The van der Waals surface area contributed by atoms with Gasteiger partial charge in [0.15, 0.2) is 0 Å². The first-order valence-corrected chi connectivity index (χ1v) is 10.2. The number of pyridine rings is 1. The van der Waals surface area contributed by atoms with Gasteiger partial charge in [0.2, 0.25) is 5.91 Å². The van der Waals surface area contributed by atoms with E-state index in [1.165, 1.54) is 4.70 Å². The Morgan fingerprint density at radius 2 is 2.14 bits per heavy atom. The molecule has 146 valence electrons.